The second kappa shape index (κ2) is 12.8. The van der Waals surface area contributed by atoms with Crippen LogP contribution < -0.4 is 14.5 Å². The van der Waals surface area contributed by atoms with Crippen molar-refractivity contribution in [2.24, 2.45) is 5.92 Å². The molecule has 3 aliphatic rings. The average molecular weight is 599 g/mol. The van der Waals surface area contributed by atoms with E-state index in [1.165, 1.54) is 18.9 Å². The second-order valence-electron chi connectivity index (χ2n) is 11.2. The Labute approximate surface area is 252 Å². The zero-order valence-electron chi connectivity index (χ0n) is 23.7. The third-order valence-electron chi connectivity index (χ3n) is 8.55. The highest BCUT2D eigenvalue weighted by atomic mass is 35.5. The largest absolute Gasteiger partial charge is 0.463 e. The van der Waals surface area contributed by atoms with Crippen molar-refractivity contribution in [3.05, 3.63) is 63.6 Å². The number of piperazine rings is 1. The first kappa shape index (κ1) is 29.4. The molecule has 11 heteroatoms. The van der Waals surface area contributed by atoms with Crippen LogP contribution in [0.25, 0.3) is 4.85 Å². The van der Waals surface area contributed by atoms with Crippen molar-refractivity contribution in [2.45, 2.75) is 44.3 Å². The summed E-state index contributed by atoms with van der Waals surface area (Å²) in [6.45, 7) is 14.8. The van der Waals surface area contributed by atoms with Crippen LogP contribution in [0.2, 0.25) is 10.0 Å². The molecule has 5 rings (SSSR count). The molecule has 0 N–H and O–H groups in total. The molecule has 41 heavy (non-hydrogen) atoms. The van der Waals surface area contributed by atoms with E-state index in [9.17, 15) is 4.79 Å². The van der Waals surface area contributed by atoms with Crippen molar-refractivity contribution in [3.63, 3.8) is 0 Å². The average Bonchev–Trinajstić information content (AvgIpc) is 3.46. The normalized spacial score (nSPS) is 22.4. The van der Waals surface area contributed by atoms with E-state index in [-0.39, 0.29) is 18.5 Å². The van der Waals surface area contributed by atoms with Crippen LogP contribution in [0.15, 0.2) is 30.9 Å². The minimum atomic E-state index is -0.244. The fourth-order valence-corrected chi connectivity index (χ4v) is 6.86. The number of benzene rings is 1. The maximum Gasteiger partial charge on any atom is 0.318 e. The summed E-state index contributed by atoms with van der Waals surface area (Å²) in [6.07, 6.45) is 5.53. The number of aromatic nitrogens is 2. The van der Waals surface area contributed by atoms with E-state index in [2.05, 4.69) is 40.2 Å². The van der Waals surface area contributed by atoms with Crippen molar-refractivity contribution in [1.29, 1.82) is 0 Å². The first-order valence-electron chi connectivity index (χ1n) is 14.2. The molecule has 9 nitrogen and oxygen atoms in total. The van der Waals surface area contributed by atoms with E-state index >= 15 is 0 Å². The van der Waals surface area contributed by atoms with Crippen molar-refractivity contribution in [2.75, 3.05) is 63.2 Å². The smallest absolute Gasteiger partial charge is 0.318 e. The topological polar surface area (TPSA) is 69.4 Å². The summed E-state index contributed by atoms with van der Waals surface area (Å²) in [5.41, 5.74) is 2.85. The Morgan fingerprint density at radius 2 is 2.05 bits per heavy atom. The molecule has 0 bridgehead atoms. The van der Waals surface area contributed by atoms with Gasteiger partial charge >= 0.3 is 6.01 Å². The molecule has 1 saturated carbocycles. The van der Waals surface area contributed by atoms with Crippen LogP contribution in [0.3, 0.4) is 0 Å². The van der Waals surface area contributed by atoms with Crippen molar-refractivity contribution >= 4 is 40.6 Å². The fraction of sp³-hybridized carbons (Fsp3) is 0.533. The number of amides is 1. The number of hydrogen-bond donors (Lipinski definition) is 0. The summed E-state index contributed by atoms with van der Waals surface area (Å²) in [5, 5.41) is 1.05. The fourth-order valence-electron chi connectivity index (χ4n) is 6.45. The molecule has 1 aromatic heterocycles. The van der Waals surface area contributed by atoms with Crippen LogP contribution in [-0.2, 0) is 17.8 Å². The highest BCUT2D eigenvalue weighted by Crippen LogP contribution is 2.37. The van der Waals surface area contributed by atoms with Gasteiger partial charge in [-0.25, -0.2) is 6.57 Å². The van der Waals surface area contributed by atoms with Gasteiger partial charge in [-0.3, -0.25) is 4.79 Å². The van der Waals surface area contributed by atoms with Gasteiger partial charge in [0.2, 0.25) is 12.5 Å². The number of nitrogens with zero attached hydrogens (tertiary/aromatic N) is 7. The minimum absolute atomic E-state index is 0.145. The van der Waals surface area contributed by atoms with Gasteiger partial charge in [0.1, 0.15) is 11.9 Å². The molecule has 2 fully saturated rings. The zero-order chi connectivity index (χ0) is 29.1. The highest BCUT2D eigenvalue weighted by molar-refractivity contribution is 6.43. The molecule has 2 aromatic rings. The Morgan fingerprint density at radius 1 is 1.22 bits per heavy atom. The number of carbonyl (C=O) groups excluding carboxylic acids is 1. The molecule has 218 valence electrons. The predicted molar refractivity (Wildman–Crippen MR) is 163 cm³/mol. The second-order valence-corrected chi connectivity index (χ2v) is 12.0. The zero-order valence-corrected chi connectivity index (χ0v) is 25.2. The SMILES string of the molecule is [C-]#[N+]CC1CN(c2nc(OCC3CCCC3N(C)C)nc3c2CCN(c2cccc(Cl)c2Cl)C3)CCN1C(=O)C=C. The van der Waals surface area contributed by atoms with E-state index in [1.54, 1.807) is 11.0 Å². The van der Waals surface area contributed by atoms with Crippen LogP contribution in [-0.4, -0.2) is 91.2 Å². The standard InChI is InChI=1S/C30H37Cl2N7O2/c1-5-27(40)39-15-14-38(17-21(39)16-33-2)29-22-12-13-37(26-11-7-9-23(31)28(26)32)18-24(22)34-30(35-29)41-19-20-8-6-10-25(20)36(3)4/h5,7,9,11,20-21,25H,1,6,8,10,12-19H2,3-4H3. The lowest BCUT2D eigenvalue weighted by atomic mass is 10.0. The predicted octanol–water partition coefficient (Wildman–Crippen LogP) is 4.58. The molecule has 0 radical (unpaired) electrons. The molecular weight excluding hydrogens is 561 g/mol. The monoisotopic (exact) mass is 597 g/mol. The maximum atomic E-state index is 12.5. The van der Waals surface area contributed by atoms with Gasteiger partial charge in [-0.1, -0.05) is 42.3 Å². The highest BCUT2D eigenvalue weighted by Gasteiger charge is 2.35. The summed E-state index contributed by atoms with van der Waals surface area (Å²) in [4.78, 5) is 34.4. The molecule has 1 amide bonds. The van der Waals surface area contributed by atoms with Crippen LogP contribution in [0.1, 0.15) is 30.5 Å². The number of carbonyl (C=O) groups is 1. The first-order chi connectivity index (χ1) is 19.8. The van der Waals surface area contributed by atoms with E-state index in [1.807, 2.05) is 12.1 Å². The third-order valence-corrected chi connectivity index (χ3v) is 9.35. The molecule has 1 aromatic carbocycles. The van der Waals surface area contributed by atoms with E-state index < -0.39 is 0 Å². The van der Waals surface area contributed by atoms with E-state index in [4.69, 9.17) is 44.5 Å². The molecule has 0 spiro atoms. The molecular formula is C30H37Cl2N7O2. The summed E-state index contributed by atoms with van der Waals surface area (Å²) in [6, 6.07) is 6.28. The van der Waals surface area contributed by atoms with Gasteiger partial charge in [-0.2, -0.15) is 9.97 Å². The van der Waals surface area contributed by atoms with Crippen molar-refractivity contribution in [3.8, 4) is 6.01 Å². The van der Waals surface area contributed by atoms with Crippen LogP contribution in [0.4, 0.5) is 11.5 Å². The molecule has 3 atom stereocenters. The van der Waals surface area contributed by atoms with Crippen molar-refractivity contribution < 1.29 is 9.53 Å². The Hall–Kier alpha value is -3.06. The molecule has 1 saturated heterocycles. The Morgan fingerprint density at radius 3 is 2.80 bits per heavy atom. The number of hydrogen-bond acceptors (Lipinski definition) is 7. The van der Waals surface area contributed by atoms with Gasteiger partial charge < -0.3 is 29.2 Å². The Balaban J connectivity index is 1.46. The van der Waals surface area contributed by atoms with E-state index in [0.29, 0.717) is 60.8 Å². The third kappa shape index (κ3) is 6.25. The van der Waals surface area contributed by atoms with Gasteiger partial charge in [-0.15, -0.1) is 0 Å². The summed E-state index contributed by atoms with van der Waals surface area (Å²) >= 11 is 12.9. The Kier molecular flexibility index (Phi) is 9.22. The summed E-state index contributed by atoms with van der Waals surface area (Å²) in [7, 11) is 4.25. The molecule has 1 aliphatic carbocycles. The van der Waals surface area contributed by atoms with Gasteiger partial charge in [0.15, 0.2) is 0 Å². The number of ether oxygens (including phenoxy) is 1. The van der Waals surface area contributed by atoms with Gasteiger partial charge in [0.25, 0.3) is 0 Å². The lowest BCUT2D eigenvalue weighted by molar-refractivity contribution is -0.128. The quantitative estimate of drug-likeness (QED) is 0.326. The van der Waals surface area contributed by atoms with Gasteiger partial charge in [0.05, 0.1) is 34.6 Å². The lowest BCUT2D eigenvalue weighted by Crippen LogP contribution is -2.56. The number of anilines is 2. The molecule has 3 heterocycles. The van der Waals surface area contributed by atoms with Gasteiger partial charge in [-0.05, 0) is 51.6 Å². The van der Waals surface area contributed by atoms with Crippen molar-refractivity contribution in [1.82, 2.24) is 19.8 Å². The number of fused-ring (bicyclic) bond motifs is 1. The Bertz CT molecular complexity index is 1330. The van der Waals surface area contributed by atoms with Gasteiger partial charge in [0, 0.05) is 43.7 Å². The van der Waals surface area contributed by atoms with Crippen LogP contribution >= 0.6 is 23.2 Å². The van der Waals surface area contributed by atoms with Crippen LogP contribution in [0.5, 0.6) is 6.01 Å². The summed E-state index contributed by atoms with van der Waals surface area (Å²) < 4.78 is 6.34. The summed E-state index contributed by atoms with van der Waals surface area (Å²) in [5.74, 6) is 1.11. The van der Waals surface area contributed by atoms with E-state index in [0.717, 1.165) is 42.1 Å². The lowest BCUT2D eigenvalue weighted by Gasteiger charge is -2.41. The minimum Gasteiger partial charge on any atom is -0.463 e. The number of rotatable bonds is 8. The molecule has 3 unspecified atom stereocenters. The number of halogens is 2. The molecule has 2 aliphatic heterocycles. The van der Waals surface area contributed by atoms with Crippen LogP contribution in [0, 0.1) is 12.5 Å². The first-order valence-corrected chi connectivity index (χ1v) is 15.0. The maximum absolute atomic E-state index is 12.5.